The summed E-state index contributed by atoms with van der Waals surface area (Å²) in [5.41, 5.74) is 0. The number of sulfonamides is 1. The largest absolute Gasteiger partial charge is 0.356 e. The van der Waals surface area contributed by atoms with E-state index in [-0.39, 0.29) is 23.8 Å². The Morgan fingerprint density at radius 1 is 1.04 bits per heavy atom. The van der Waals surface area contributed by atoms with Crippen molar-refractivity contribution in [3.8, 4) is 0 Å². The lowest BCUT2D eigenvalue weighted by atomic mass is 10.1. The van der Waals surface area contributed by atoms with Crippen LogP contribution in [0.15, 0.2) is 29.2 Å². The third kappa shape index (κ3) is 8.08. The van der Waals surface area contributed by atoms with Gasteiger partial charge in [-0.05, 0) is 30.7 Å². The molecule has 0 aliphatic rings. The molecular weight excluding hydrogens is 319 g/mol. The summed E-state index contributed by atoms with van der Waals surface area (Å²) in [6.45, 7) is 2.78. The number of halogens is 1. The SMILES string of the molecule is CCCCCCCNC(=O)CCNS(=O)(=O)c1ccc(F)cc1. The highest BCUT2D eigenvalue weighted by Crippen LogP contribution is 2.09. The number of carbonyl (C=O) groups is 1. The first-order chi connectivity index (χ1) is 11.0. The highest BCUT2D eigenvalue weighted by Gasteiger charge is 2.13. The highest BCUT2D eigenvalue weighted by molar-refractivity contribution is 7.89. The second kappa shape index (κ2) is 10.3. The molecule has 0 aliphatic carbocycles. The molecule has 0 aliphatic heterocycles. The molecule has 1 rings (SSSR count). The van der Waals surface area contributed by atoms with Gasteiger partial charge in [0.15, 0.2) is 0 Å². The molecule has 130 valence electrons. The van der Waals surface area contributed by atoms with E-state index in [1.54, 1.807) is 0 Å². The average Bonchev–Trinajstić information content (AvgIpc) is 2.51. The van der Waals surface area contributed by atoms with Gasteiger partial charge in [-0.1, -0.05) is 32.6 Å². The van der Waals surface area contributed by atoms with Crippen LogP contribution in [0.2, 0.25) is 0 Å². The maximum Gasteiger partial charge on any atom is 0.240 e. The molecule has 0 spiro atoms. The van der Waals surface area contributed by atoms with Gasteiger partial charge in [0.25, 0.3) is 0 Å². The molecule has 0 unspecified atom stereocenters. The summed E-state index contributed by atoms with van der Waals surface area (Å²) in [7, 11) is -3.70. The van der Waals surface area contributed by atoms with Crippen LogP contribution < -0.4 is 10.0 Å². The second-order valence-corrected chi connectivity index (χ2v) is 7.13. The maximum absolute atomic E-state index is 12.8. The fourth-order valence-corrected chi connectivity index (χ4v) is 3.07. The first-order valence-electron chi connectivity index (χ1n) is 7.97. The molecule has 1 aromatic rings. The van der Waals surface area contributed by atoms with E-state index in [2.05, 4.69) is 17.0 Å². The van der Waals surface area contributed by atoms with Gasteiger partial charge in [-0.15, -0.1) is 0 Å². The van der Waals surface area contributed by atoms with Crippen LogP contribution in [0.25, 0.3) is 0 Å². The Hall–Kier alpha value is -1.47. The summed E-state index contributed by atoms with van der Waals surface area (Å²) in [4.78, 5) is 11.6. The summed E-state index contributed by atoms with van der Waals surface area (Å²) in [5, 5.41) is 2.77. The van der Waals surface area contributed by atoms with Gasteiger partial charge in [0.1, 0.15) is 5.82 Å². The van der Waals surface area contributed by atoms with E-state index in [0.29, 0.717) is 6.54 Å². The normalized spacial score (nSPS) is 11.4. The molecule has 0 radical (unpaired) electrons. The van der Waals surface area contributed by atoms with Crippen LogP contribution >= 0.6 is 0 Å². The van der Waals surface area contributed by atoms with E-state index in [1.165, 1.54) is 31.4 Å². The van der Waals surface area contributed by atoms with Gasteiger partial charge in [-0.3, -0.25) is 4.79 Å². The zero-order valence-electron chi connectivity index (χ0n) is 13.5. The van der Waals surface area contributed by atoms with Crippen LogP contribution in [0, 0.1) is 5.82 Å². The van der Waals surface area contributed by atoms with Crippen molar-refractivity contribution in [2.45, 2.75) is 50.3 Å². The van der Waals surface area contributed by atoms with Gasteiger partial charge in [0, 0.05) is 19.5 Å². The molecule has 7 heteroatoms. The van der Waals surface area contributed by atoms with Crippen molar-refractivity contribution < 1.29 is 17.6 Å². The van der Waals surface area contributed by atoms with E-state index in [4.69, 9.17) is 0 Å². The summed E-state index contributed by atoms with van der Waals surface area (Å²) in [5.74, 6) is -0.676. The zero-order valence-corrected chi connectivity index (χ0v) is 14.3. The van der Waals surface area contributed by atoms with Crippen LogP contribution in [0.1, 0.15) is 45.4 Å². The molecule has 0 saturated carbocycles. The monoisotopic (exact) mass is 344 g/mol. The second-order valence-electron chi connectivity index (χ2n) is 5.37. The smallest absolute Gasteiger partial charge is 0.240 e. The average molecular weight is 344 g/mol. The van der Waals surface area contributed by atoms with Crippen LogP contribution in [0.4, 0.5) is 4.39 Å². The summed E-state index contributed by atoms with van der Waals surface area (Å²) < 4.78 is 39.0. The van der Waals surface area contributed by atoms with Gasteiger partial charge >= 0.3 is 0 Å². The minimum Gasteiger partial charge on any atom is -0.356 e. The van der Waals surface area contributed by atoms with Crippen LogP contribution in [-0.4, -0.2) is 27.4 Å². The van der Waals surface area contributed by atoms with Crippen molar-refractivity contribution in [1.82, 2.24) is 10.0 Å². The standard InChI is InChI=1S/C16H25FN2O3S/c1-2-3-4-5-6-12-18-16(20)11-13-19-23(21,22)15-9-7-14(17)8-10-15/h7-10,19H,2-6,11-13H2,1H3,(H,18,20). The van der Waals surface area contributed by atoms with Gasteiger partial charge in [-0.2, -0.15) is 0 Å². The summed E-state index contributed by atoms with van der Waals surface area (Å²) >= 11 is 0. The first-order valence-corrected chi connectivity index (χ1v) is 9.46. The molecule has 2 N–H and O–H groups in total. The van der Waals surface area contributed by atoms with Gasteiger partial charge < -0.3 is 5.32 Å². The number of rotatable bonds is 11. The van der Waals surface area contributed by atoms with E-state index < -0.39 is 15.8 Å². The van der Waals surface area contributed by atoms with E-state index >= 15 is 0 Å². The van der Waals surface area contributed by atoms with Crippen molar-refractivity contribution in [2.75, 3.05) is 13.1 Å². The molecule has 1 amide bonds. The summed E-state index contributed by atoms with van der Waals surface area (Å²) in [6.07, 6.45) is 5.66. The maximum atomic E-state index is 12.8. The number of unbranched alkanes of at least 4 members (excludes halogenated alkanes) is 4. The molecule has 5 nitrogen and oxygen atoms in total. The number of hydrogen-bond donors (Lipinski definition) is 2. The number of amides is 1. The fourth-order valence-electron chi connectivity index (χ4n) is 2.04. The van der Waals surface area contributed by atoms with Crippen LogP contribution in [0.5, 0.6) is 0 Å². The molecule has 0 atom stereocenters. The van der Waals surface area contributed by atoms with Crippen LogP contribution in [0.3, 0.4) is 0 Å². The molecule has 0 heterocycles. The number of carbonyl (C=O) groups excluding carboxylic acids is 1. The van der Waals surface area contributed by atoms with E-state index in [9.17, 15) is 17.6 Å². The Kier molecular flexibility index (Phi) is 8.79. The van der Waals surface area contributed by atoms with Gasteiger partial charge in [0.2, 0.25) is 15.9 Å². The zero-order chi connectivity index (χ0) is 17.1. The number of hydrogen-bond acceptors (Lipinski definition) is 3. The lowest BCUT2D eigenvalue weighted by Crippen LogP contribution is -2.31. The predicted octanol–water partition coefficient (Wildman–Crippen LogP) is 2.58. The quantitative estimate of drug-likeness (QED) is 0.606. The van der Waals surface area contributed by atoms with E-state index in [1.807, 2.05) is 0 Å². The Balaban J connectivity index is 2.22. The number of nitrogens with one attached hydrogen (secondary N) is 2. The van der Waals surface area contributed by atoms with Gasteiger partial charge in [0.05, 0.1) is 4.90 Å². The van der Waals surface area contributed by atoms with Crippen molar-refractivity contribution in [1.29, 1.82) is 0 Å². The van der Waals surface area contributed by atoms with Crippen LogP contribution in [-0.2, 0) is 14.8 Å². The van der Waals surface area contributed by atoms with Crippen molar-refractivity contribution in [2.24, 2.45) is 0 Å². The minimum atomic E-state index is -3.70. The molecule has 0 bridgehead atoms. The fraction of sp³-hybridized carbons (Fsp3) is 0.562. The number of benzene rings is 1. The lowest BCUT2D eigenvalue weighted by Gasteiger charge is -2.07. The Bertz CT molecular complexity index is 573. The van der Waals surface area contributed by atoms with E-state index in [0.717, 1.165) is 25.0 Å². The van der Waals surface area contributed by atoms with Gasteiger partial charge in [-0.25, -0.2) is 17.5 Å². The molecular formula is C16H25FN2O3S. The summed E-state index contributed by atoms with van der Waals surface area (Å²) in [6, 6.07) is 4.54. The molecule has 0 aromatic heterocycles. The van der Waals surface area contributed by atoms with Crippen molar-refractivity contribution in [3.63, 3.8) is 0 Å². The molecule has 0 saturated heterocycles. The minimum absolute atomic E-state index is 0.0153. The molecule has 1 aromatic carbocycles. The third-order valence-electron chi connectivity index (χ3n) is 3.37. The Morgan fingerprint density at radius 2 is 1.70 bits per heavy atom. The highest BCUT2D eigenvalue weighted by atomic mass is 32.2. The first kappa shape index (κ1) is 19.6. The topological polar surface area (TPSA) is 75.3 Å². The Labute approximate surface area is 137 Å². The predicted molar refractivity (Wildman–Crippen MR) is 88.0 cm³/mol. The molecule has 0 fully saturated rings. The Morgan fingerprint density at radius 3 is 2.35 bits per heavy atom. The third-order valence-corrected chi connectivity index (χ3v) is 4.85. The van der Waals surface area contributed by atoms with Crippen molar-refractivity contribution in [3.05, 3.63) is 30.1 Å². The lowest BCUT2D eigenvalue weighted by molar-refractivity contribution is -0.120. The molecule has 23 heavy (non-hydrogen) atoms. The van der Waals surface area contributed by atoms with Crippen molar-refractivity contribution >= 4 is 15.9 Å².